The van der Waals surface area contributed by atoms with E-state index in [-0.39, 0.29) is 0 Å². The Balaban J connectivity index is 1.05. The second kappa shape index (κ2) is 13.0. The predicted octanol–water partition coefficient (Wildman–Crippen LogP) is 13.9. The van der Waals surface area contributed by atoms with Crippen molar-refractivity contribution in [3.8, 4) is 56.4 Å². The molecule has 0 bridgehead atoms. The van der Waals surface area contributed by atoms with Crippen LogP contribution in [-0.4, -0.2) is 19.1 Å². The third-order valence-corrected chi connectivity index (χ3v) is 12.5. The van der Waals surface area contributed by atoms with E-state index in [0.29, 0.717) is 0 Å². The molecule has 0 unspecified atom stereocenters. The Labute approximate surface area is 342 Å². The van der Waals surface area contributed by atoms with Crippen LogP contribution in [0, 0.1) is 13.8 Å². The minimum absolute atomic E-state index is 0.752. The Bertz CT molecular complexity index is 3480. The molecule has 0 atom stereocenters. The van der Waals surface area contributed by atoms with Crippen LogP contribution in [0.1, 0.15) is 22.3 Å². The first-order chi connectivity index (χ1) is 29.1. The largest absolute Gasteiger partial charge is 0.309 e. The molecule has 0 saturated carbocycles. The van der Waals surface area contributed by atoms with Crippen LogP contribution in [0.15, 0.2) is 182 Å². The van der Waals surface area contributed by atoms with Crippen molar-refractivity contribution >= 4 is 43.6 Å². The fourth-order valence-corrected chi connectivity index (χ4v) is 9.83. The topological polar surface area (TPSA) is 35.6 Å². The number of aromatic nitrogens is 4. The van der Waals surface area contributed by atoms with E-state index in [2.05, 4.69) is 205 Å². The Morgan fingerprint density at radius 2 is 1.02 bits per heavy atom. The van der Waals surface area contributed by atoms with Crippen molar-refractivity contribution in [1.29, 1.82) is 0 Å². The van der Waals surface area contributed by atoms with Gasteiger partial charge in [-0.05, 0) is 96.6 Å². The fraction of sp³-hybridized carbons (Fsp3) is 0.0545. The minimum Gasteiger partial charge on any atom is -0.309 e. The Hall–Kier alpha value is -7.56. The van der Waals surface area contributed by atoms with Gasteiger partial charge in [-0.25, -0.2) is 9.97 Å². The van der Waals surface area contributed by atoms with Gasteiger partial charge in [0, 0.05) is 55.2 Å². The first kappa shape index (κ1) is 33.6. The quantitative estimate of drug-likeness (QED) is 0.175. The highest BCUT2D eigenvalue weighted by Crippen LogP contribution is 2.46. The monoisotopic (exact) mass is 754 g/mol. The molecule has 0 fully saturated rings. The molecule has 0 amide bonds. The smallest absolute Gasteiger partial charge is 0.161 e. The summed E-state index contributed by atoms with van der Waals surface area (Å²) in [5.74, 6) is 0.752. The molecule has 11 aromatic rings. The summed E-state index contributed by atoms with van der Waals surface area (Å²) in [6.45, 7) is 4.32. The van der Waals surface area contributed by atoms with Crippen LogP contribution in [0.4, 0.5) is 0 Å². The molecule has 0 N–H and O–H groups in total. The number of hydrogen-bond donors (Lipinski definition) is 0. The molecule has 0 aliphatic heterocycles. The van der Waals surface area contributed by atoms with Gasteiger partial charge in [0.05, 0.1) is 33.5 Å². The Morgan fingerprint density at radius 3 is 1.73 bits per heavy atom. The van der Waals surface area contributed by atoms with Crippen LogP contribution >= 0.6 is 0 Å². The Kier molecular flexibility index (Phi) is 7.39. The lowest BCUT2D eigenvalue weighted by atomic mass is 9.96. The number of rotatable bonds is 5. The lowest BCUT2D eigenvalue weighted by molar-refractivity contribution is 1.14. The molecule has 1 aliphatic carbocycles. The highest BCUT2D eigenvalue weighted by molar-refractivity contribution is 6.28. The fourth-order valence-electron chi connectivity index (χ4n) is 9.83. The highest BCUT2D eigenvalue weighted by atomic mass is 15.0. The van der Waals surface area contributed by atoms with Crippen LogP contribution < -0.4 is 0 Å². The van der Waals surface area contributed by atoms with Gasteiger partial charge in [0.25, 0.3) is 0 Å². The molecular weight excluding hydrogens is 717 g/mol. The van der Waals surface area contributed by atoms with Crippen LogP contribution in [0.2, 0.25) is 0 Å². The number of aryl methyl sites for hydroxylation is 1. The molecule has 1 aliphatic rings. The standard InChI is InChI=1S/C55H38N4/c1-34-16-9-10-22-41(34)54-35(2)53(36-17-5-3-6-18-36)56-55(57-54)45-25-15-19-37-32-38-33-40(28-29-42(38)50(37)45)59-47-27-14-12-24-44(47)52-49(59)31-30-48-51(52)43-23-11-13-26-46(43)58(48)39-20-7-4-8-21-39/h3-31,33H,32H2,1-2H3. The number of fused-ring (bicyclic) bond motifs is 10. The normalized spacial score (nSPS) is 12.2. The number of benzene rings is 8. The minimum atomic E-state index is 0.752. The summed E-state index contributed by atoms with van der Waals surface area (Å²) in [5.41, 5.74) is 19.8. The molecule has 59 heavy (non-hydrogen) atoms. The molecule has 3 aromatic heterocycles. The average Bonchev–Trinajstić information content (AvgIpc) is 3.94. The number of para-hydroxylation sites is 3. The van der Waals surface area contributed by atoms with Crippen molar-refractivity contribution in [3.63, 3.8) is 0 Å². The molecule has 0 radical (unpaired) electrons. The second-order valence-corrected chi connectivity index (χ2v) is 15.8. The van der Waals surface area contributed by atoms with Gasteiger partial charge in [0.2, 0.25) is 0 Å². The summed E-state index contributed by atoms with van der Waals surface area (Å²) >= 11 is 0. The molecule has 4 heteroatoms. The lowest BCUT2D eigenvalue weighted by Gasteiger charge is -2.16. The maximum atomic E-state index is 5.39. The van der Waals surface area contributed by atoms with Gasteiger partial charge in [0.15, 0.2) is 5.82 Å². The van der Waals surface area contributed by atoms with Gasteiger partial charge in [0.1, 0.15) is 0 Å². The molecule has 3 heterocycles. The summed E-state index contributed by atoms with van der Waals surface area (Å²) in [6.07, 6.45) is 0.848. The molecule has 278 valence electrons. The van der Waals surface area contributed by atoms with Crippen molar-refractivity contribution in [2.75, 3.05) is 0 Å². The van der Waals surface area contributed by atoms with Crippen LogP contribution in [0.5, 0.6) is 0 Å². The van der Waals surface area contributed by atoms with E-state index < -0.39 is 0 Å². The molecular formula is C55H38N4. The van der Waals surface area contributed by atoms with Crippen molar-refractivity contribution in [2.45, 2.75) is 20.3 Å². The van der Waals surface area contributed by atoms with Gasteiger partial charge in [-0.1, -0.05) is 133 Å². The van der Waals surface area contributed by atoms with Gasteiger partial charge in [-0.15, -0.1) is 0 Å². The number of nitrogens with zero attached hydrogens (tertiary/aromatic N) is 4. The maximum absolute atomic E-state index is 5.39. The van der Waals surface area contributed by atoms with E-state index in [0.717, 1.165) is 57.3 Å². The summed E-state index contributed by atoms with van der Waals surface area (Å²) < 4.78 is 4.87. The molecule has 12 rings (SSSR count). The molecule has 0 spiro atoms. The summed E-state index contributed by atoms with van der Waals surface area (Å²) in [7, 11) is 0. The van der Waals surface area contributed by atoms with E-state index in [1.165, 1.54) is 71.4 Å². The van der Waals surface area contributed by atoms with Crippen LogP contribution in [0.25, 0.3) is 100 Å². The van der Waals surface area contributed by atoms with Gasteiger partial charge < -0.3 is 9.13 Å². The molecule has 0 saturated heterocycles. The third kappa shape index (κ3) is 5.03. The van der Waals surface area contributed by atoms with E-state index >= 15 is 0 Å². The average molecular weight is 755 g/mol. The van der Waals surface area contributed by atoms with Gasteiger partial charge in [-0.3, -0.25) is 0 Å². The van der Waals surface area contributed by atoms with Gasteiger partial charge in [-0.2, -0.15) is 0 Å². The van der Waals surface area contributed by atoms with Gasteiger partial charge >= 0.3 is 0 Å². The summed E-state index contributed by atoms with van der Waals surface area (Å²) in [6, 6.07) is 65.8. The SMILES string of the molecule is Cc1ccccc1-c1nc(-c2cccc3c2-c2ccc(-n4c5ccccc5c5c6c7ccccc7n(-c7ccccc7)c6ccc54)cc2C3)nc(-c2ccccc2)c1C. The zero-order chi connectivity index (χ0) is 39.2. The predicted molar refractivity (Wildman–Crippen MR) is 245 cm³/mol. The van der Waals surface area contributed by atoms with Crippen molar-refractivity contribution in [1.82, 2.24) is 19.1 Å². The first-order valence-electron chi connectivity index (χ1n) is 20.4. The van der Waals surface area contributed by atoms with Crippen LogP contribution in [0.3, 0.4) is 0 Å². The summed E-state index contributed by atoms with van der Waals surface area (Å²) in [4.78, 5) is 10.7. The number of hydrogen-bond acceptors (Lipinski definition) is 2. The first-order valence-corrected chi connectivity index (χ1v) is 20.4. The molecule has 8 aromatic carbocycles. The van der Waals surface area contributed by atoms with Crippen LogP contribution in [-0.2, 0) is 6.42 Å². The summed E-state index contributed by atoms with van der Waals surface area (Å²) in [5, 5.41) is 5.08. The third-order valence-electron chi connectivity index (χ3n) is 12.5. The van der Waals surface area contributed by atoms with Crippen molar-refractivity contribution in [2.24, 2.45) is 0 Å². The lowest BCUT2D eigenvalue weighted by Crippen LogP contribution is -2.02. The van der Waals surface area contributed by atoms with E-state index in [1.54, 1.807) is 0 Å². The van der Waals surface area contributed by atoms with E-state index in [1.807, 2.05) is 0 Å². The molecule has 4 nitrogen and oxygen atoms in total. The van der Waals surface area contributed by atoms with Crippen molar-refractivity contribution < 1.29 is 0 Å². The van der Waals surface area contributed by atoms with E-state index in [4.69, 9.17) is 9.97 Å². The maximum Gasteiger partial charge on any atom is 0.161 e. The van der Waals surface area contributed by atoms with Crippen molar-refractivity contribution in [3.05, 3.63) is 204 Å². The second-order valence-electron chi connectivity index (χ2n) is 15.8. The Morgan fingerprint density at radius 1 is 0.424 bits per heavy atom. The zero-order valence-electron chi connectivity index (χ0n) is 32.8. The zero-order valence-corrected chi connectivity index (χ0v) is 32.8. The van der Waals surface area contributed by atoms with E-state index in [9.17, 15) is 0 Å². The highest BCUT2D eigenvalue weighted by Gasteiger charge is 2.27.